The molecule has 0 bridgehead atoms. The molecule has 0 aliphatic carbocycles. The summed E-state index contributed by atoms with van der Waals surface area (Å²) in [4.78, 5) is 38.9. The number of aromatic nitrogens is 1. The Morgan fingerprint density at radius 1 is 0.865 bits per heavy atom. The summed E-state index contributed by atoms with van der Waals surface area (Å²) in [6.07, 6.45) is 0.249. The fraction of sp³-hybridized carbons (Fsp3) is 0.207. The van der Waals surface area contributed by atoms with Crippen LogP contribution in [0.5, 0.6) is 5.75 Å². The summed E-state index contributed by atoms with van der Waals surface area (Å²) in [5.41, 5.74) is 1.73. The van der Waals surface area contributed by atoms with E-state index in [2.05, 4.69) is 0 Å². The maximum absolute atomic E-state index is 13.7. The average molecular weight is 538 g/mol. The number of nitrogens with zero attached hydrogens (tertiary/aromatic N) is 1. The second-order valence-electron chi connectivity index (χ2n) is 9.34. The van der Waals surface area contributed by atoms with E-state index in [1.807, 2.05) is 11.6 Å². The van der Waals surface area contributed by atoms with Crippen molar-refractivity contribution in [3.8, 4) is 5.75 Å². The third kappa shape index (κ3) is 5.41. The standard InChI is InChI=1S/C29H25Cl2NO5/c1-29(2,28(35)36-4)16-24-25(26(33)17-5-9-19(30)10-6-17)22-14-13-21(15-23(22)32(24)3)37-27(34)18-7-11-20(31)12-8-18/h5-15H,16H2,1-4H3. The maximum atomic E-state index is 13.7. The first-order valence-corrected chi connectivity index (χ1v) is 12.2. The number of ketones is 1. The van der Waals surface area contributed by atoms with Crippen molar-refractivity contribution in [2.45, 2.75) is 20.3 Å². The van der Waals surface area contributed by atoms with Gasteiger partial charge in [-0.3, -0.25) is 9.59 Å². The fourth-order valence-electron chi connectivity index (χ4n) is 4.26. The number of rotatable bonds is 7. The largest absolute Gasteiger partial charge is 0.469 e. The number of ether oxygens (including phenoxy) is 2. The van der Waals surface area contributed by atoms with Crippen molar-refractivity contribution in [1.29, 1.82) is 0 Å². The molecule has 0 unspecified atom stereocenters. The van der Waals surface area contributed by atoms with Gasteiger partial charge in [0, 0.05) is 46.2 Å². The summed E-state index contributed by atoms with van der Waals surface area (Å²) in [7, 11) is 3.15. The summed E-state index contributed by atoms with van der Waals surface area (Å²) in [6.45, 7) is 3.54. The molecule has 0 aliphatic heterocycles. The number of carbonyl (C=O) groups excluding carboxylic acids is 3. The summed E-state index contributed by atoms with van der Waals surface area (Å²) in [5.74, 6) is -0.809. The van der Waals surface area contributed by atoms with Gasteiger partial charge in [0.2, 0.25) is 0 Å². The van der Waals surface area contributed by atoms with Crippen LogP contribution < -0.4 is 4.74 Å². The van der Waals surface area contributed by atoms with Crippen LogP contribution in [0.4, 0.5) is 0 Å². The number of esters is 2. The number of carbonyl (C=O) groups is 3. The van der Waals surface area contributed by atoms with Gasteiger partial charge in [0.05, 0.1) is 29.2 Å². The van der Waals surface area contributed by atoms with Gasteiger partial charge in [-0.2, -0.15) is 0 Å². The number of methoxy groups -OCH3 is 1. The van der Waals surface area contributed by atoms with Crippen LogP contribution in [0.3, 0.4) is 0 Å². The molecular formula is C29H25Cl2NO5. The van der Waals surface area contributed by atoms with E-state index in [0.717, 1.165) is 0 Å². The molecule has 4 rings (SSSR count). The van der Waals surface area contributed by atoms with Gasteiger partial charge in [0.1, 0.15) is 5.75 Å². The van der Waals surface area contributed by atoms with Crippen LogP contribution in [-0.4, -0.2) is 29.4 Å². The summed E-state index contributed by atoms with van der Waals surface area (Å²) >= 11 is 11.9. The summed E-state index contributed by atoms with van der Waals surface area (Å²) in [5, 5.41) is 1.71. The molecule has 3 aromatic carbocycles. The second-order valence-corrected chi connectivity index (χ2v) is 10.2. The molecule has 8 heteroatoms. The molecule has 0 radical (unpaired) electrons. The molecule has 0 saturated heterocycles. The molecule has 0 amide bonds. The molecule has 37 heavy (non-hydrogen) atoms. The van der Waals surface area contributed by atoms with Gasteiger partial charge in [0.15, 0.2) is 5.78 Å². The number of benzene rings is 3. The predicted molar refractivity (Wildman–Crippen MR) is 144 cm³/mol. The molecule has 0 N–H and O–H groups in total. The van der Waals surface area contributed by atoms with Gasteiger partial charge >= 0.3 is 11.9 Å². The Hall–Kier alpha value is -3.61. The molecule has 4 aromatic rings. The zero-order chi connectivity index (χ0) is 26.9. The van der Waals surface area contributed by atoms with E-state index in [-0.39, 0.29) is 18.2 Å². The van der Waals surface area contributed by atoms with Crippen LogP contribution >= 0.6 is 23.2 Å². The van der Waals surface area contributed by atoms with E-state index >= 15 is 0 Å². The van der Waals surface area contributed by atoms with Gasteiger partial charge < -0.3 is 14.0 Å². The highest BCUT2D eigenvalue weighted by Gasteiger charge is 2.33. The van der Waals surface area contributed by atoms with Crippen molar-refractivity contribution in [3.63, 3.8) is 0 Å². The fourth-order valence-corrected chi connectivity index (χ4v) is 4.51. The minimum absolute atomic E-state index is 0.205. The third-order valence-electron chi connectivity index (χ3n) is 6.26. The van der Waals surface area contributed by atoms with Crippen LogP contribution in [0.15, 0.2) is 66.7 Å². The van der Waals surface area contributed by atoms with E-state index in [1.54, 1.807) is 80.6 Å². The Labute approximate surface area is 224 Å². The average Bonchev–Trinajstić information content (AvgIpc) is 3.14. The van der Waals surface area contributed by atoms with Crippen molar-refractivity contribution in [3.05, 3.63) is 99.2 Å². The van der Waals surface area contributed by atoms with Gasteiger partial charge in [-0.05, 0) is 74.5 Å². The predicted octanol–water partition coefficient (Wildman–Crippen LogP) is 6.68. The quantitative estimate of drug-likeness (QED) is 0.149. The van der Waals surface area contributed by atoms with Crippen LogP contribution in [0.25, 0.3) is 10.9 Å². The Morgan fingerprint density at radius 2 is 1.43 bits per heavy atom. The molecule has 0 saturated carbocycles. The highest BCUT2D eigenvalue weighted by Crippen LogP contribution is 2.35. The van der Waals surface area contributed by atoms with E-state index in [0.29, 0.717) is 49.1 Å². The topological polar surface area (TPSA) is 74.6 Å². The minimum Gasteiger partial charge on any atom is -0.469 e. The first-order chi connectivity index (χ1) is 17.5. The molecular weight excluding hydrogens is 513 g/mol. The van der Waals surface area contributed by atoms with Gasteiger partial charge in [-0.25, -0.2) is 4.79 Å². The first kappa shape index (κ1) is 26.5. The third-order valence-corrected chi connectivity index (χ3v) is 6.77. The number of hydrogen-bond acceptors (Lipinski definition) is 5. The zero-order valence-corrected chi connectivity index (χ0v) is 22.3. The number of halogens is 2. The Morgan fingerprint density at radius 3 is 2.00 bits per heavy atom. The van der Waals surface area contributed by atoms with Crippen molar-refractivity contribution >= 4 is 51.8 Å². The molecule has 190 valence electrons. The monoisotopic (exact) mass is 537 g/mol. The maximum Gasteiger partial charge on any atom is 0.343 e. The Balaban J connectivity index is 1.81. The molecule has 0 atom stereocenters. The van der Waals surface area contributed by atoms with Gasteiger partial charge in [0.25, 0.3) is 0 Å². The van der Waals surface area contributed by atoms with Crippen molar-refractivity contribution in [2.75, 3.05) is 7.11 Å². The lowest BCUT2D eigenvalue weighted by atomic mass is 9.85. The lowest BCUT2D eigenvalue weighted by molar-refractivity contribution is -0.150. The minimum atomic E-state index is -0.893. The number of hydrogen-bond donors (Lipinski definition) is 0. The molecule has 0 spiro atoms. The molecule has 0 fully saturated rings. The number of aryl methyl sites for hydroxylation is 1. The lowest BCUT2D eigenvalue weighted by Gasteiger charge is -2.22. The zero-order valence-electron chi connectivity index (χ0n) is 20.8. The smallest absolute Gasteiger partial charge is 0.343 e. The number of fused-ring (bicyclic) bond motifs is 1. The van der Waals surface area contributed by atoms with E-state index in [9.17, 15) is 14.4 Å². The van der Waals surface area contributed by atoms with Gasteiger partial charge in [-0.1, -0.05) is 23.2 Å². The normalized spacial score (nSPS) is 11.4. The molecule has 1 aromatic heterocycles. The van der Waals surface area contributed by atoms with Crippen molar-refractivity contribution in [1.82, 2.24) is 4.57 Å². The van der Waals surface area contributed by atoms with Crippen molar-refractivity contribution in [2.24, 2.45) is 12.5 Å². The summed E-state index contributed by atoms with van der Waals surface area (Å²) in [6, 6.07) is 18.1. The van der Waals surface area contributed by atoms with Gasteiger partial charge in [-0.15, -0.1) is 0 Å². The Kier molecular flexibility index (Phi) is 7.44. The second kappa shape index (κ2) is 10.4. The first-order valence-electron chi connectivity index (χ1n) is 11.5. The molecule has 1 heterocycles. The highest BCUT2D eigenvalue weighted by atomic mass is 35.5. The van der Waals surface area contributed by atoms with E-state index in [4.69, 9.17) is 32.7 Å². The van der Waals surface area contributed by atoms with Crippen LogP contribution in [0.2, 0.25) is 10.0 Å². The molecule has 6 nitrogen and oxygen atoms in total. The van der Waals surface area contributed by atoms with Crippen LogP contribution in [0, 0.1) is 5.41 Å². The SMILES string of the molecule is COC(=O)C(C)(C)Cc1c(C(=O)c2ccc(Cl)cc2)c2ccc(OC(=O)c3ccc(Cl)cc3)cc2n1C. The van der Waals surface area contributed by atoms with Crippen molar-refractivity contribution < 1.29 is 23.9 Å². The van der Waals surface area contributed by atoms with E-state index < -0.39 is 11.4 Å². The van der Waals surface area contributed by atoms with Crippen LogP contribution in [-0.2, 0) is 23.0 Å². The highest BCUT2D eigenvalue weighted by molar-refractivity contribution is 6.31. The molecule has 0 aliphatic rings. The summed E-state index contributed by atoms with van der Waals surface area (Å²) < 4.78 is 12.4. The lowest BCUT2D eigenvalue weighted by Crippen LogP contribution is -2.29. The van der Waals surface area contributed by atoms with Crippen LogP contribution in [0.1, 0.15) is 45.8 Å². The Bertz CT molecular complexity index is 1500. The van der Waals surface area contributed by atoms with E-state index in [1.165, 1.54) is 7.11 Å².